The van der Waals surface area contributed by atoms with Crippen molar-refractivity contribution in [2.45, 2.75) is 12.6 Å². The van der Waals surface area contributed by atoms with Crippen LogP contribution in [0, 0.1) is 12.3 Å². The van der Waals surface area contributed by atoms with E-state index < -0.39 is 0 Å². The topological polar surface area (TPSA) is 53.4 Å². The predicted octanol–water partition coefficient (Wildman–Crippen LogP) is 0.188. The lowest BCUT2D eigenvalue weighted by Crippen LogP contribution is -2.52. The summed E-state index contributed by atoms with van der Waals surface area (Å²) in [5.41, 5.74) is 0.0795. The molecule has 1 atom stereocenters. The maximum Gasteiger partial charge on any atom is 0.292 e. The van der Waals surface area contributed by atoms with Gasteiger partial charge in [-0.25, -0.2) is 4.68 Å². The minimum atomic E-state index is -0.285. The zero-order chi connectivity index (χ0) is 15.4. The highest BCUT2D eigenvalue weighted by Crippen LogP contribution is 2.16. The highest BCUT2D eigenvalue weighted by atomic mass is 35.5. The van der Waals surface area contributed by atoms with Crippen LogP contribution in [0.3, 0.4) is 0 Å². The van der Waals surface area contributed by atoms with Gasteiger partial charge in [0.15, 0.2) is 0 Å². The summed E-state index contributed by atoms with van der Waals surface area (Å²) in [6.45, 7) is 3.80. The molecule has 2 heterocycles. The summed E-state index contributed by atoms with van der Waals surface area (Å²) in [6.07, 6.45) is 6.67. The molecule has 1 aromatic rings. The summed E-state index contributed by atoms with van der Waals surface area (Å²) in [7, 11) is 4.18. The van der Waals surface area contributed by atoms with Crippen molar-refractivity contribution in [3.8, 4) is 12.3 Å². The monoisotopic (exact) mass is 309 g/mol. The molecule has 2 rings (SSSR count). The van der Waals surface area contributed by atoms with Gasteiger partial charge in [0, 0.05) is 32.2 Å². The number of nitrogens with zero attached hydrogens (tertiary/aromatic N) is 4. The highest BCUT2D eigenvalue weighted by molar-refractivity contribution is 6.32. The summed E-state index contributed by atoms with van der Waals surface area (Å²) in [6, 6.07) is 0.327. The van der Waals surface area contributed by atoms with Crippen LogP contribution in [0.2, 0.25) is 5.02 Å². The Morgan fingerprint density at radius 1 is 1.52 bits per heavy atom. The fraction of sp³-hybridized carbons (Fsp3) is 0.571. The number of hydrogen-bond donors (Lipinski definition) is 1. The lowest BCUT2D eigenvalue weighted by Gasteiger charge is -2.37. The third kappa shape index (κ3) is 3.76. The Labute approximate surface area is 129 Å². The molecular formula is C14H20ClN5O. The van der Waals surface area contributed by atoms with Gasteiger partial charge in [0.05, 0.1) is 11.2 Å². The molecule has 0 aliphatic carbocycles. The van der Waals surface area contributed by atoms with Gasteiger partial charge in [0.25, 0.3) is 5.56 Å². The molecule has 6 nitrogen and oxygen atoms in total. The van der Waals surface area contributed by atoms with Gasteiger partial charge < -0.3 is 10.2 Å². The van der Waals surface area contributed by atoms with Crippen molar-refractivity contribution in [3.63, 3.8) is 0 Å². The van der Waals surface area contributed by atoms with Gasteiger partial charge in [-0.2, -0.15) is 5.10 Å². The number of rotatable bonds is 4. The van der Waals surface area contributed by atoms with Crippen molar-refractivity contribution < 1.29 is 0 Å². The molecule has 114 valence electrons. The highest BCUT2D eigenvalue weighted by Gasteiger charge is 2.22. The molecule has 7 heteroatoms. The van der Waals surface area contributed by atoms with Crippen LogP contribution in [0.25, 0.3) is 0 Å². The Bertz CT molecular complexity index is 594. The summed E-state index contributed by atoms with van der Waals surface area (Å²) >= 11 is 6.07. The summed E-state index contributed by atoms with van der Waals surface area (Å²) < 4.78 is 1.23. The molecule has 1 fully saturated rings. The molecule has 0 amide bonds. The zero-order valence-electron chi connectivity index (χ0n) is 12.3. The first-order valence-corrected chi connectivity index (χ1v) is 7.22. The second-order valence-corrected chi connectivity index (χ2v) is 5.72. The SMILES string of the molecule is C#CCn1ncc(Cl)c(NCC2CN(C)CCN2C)c1=O. The second-order valence-electron chi connectivity index (χ2n) is 5.31. The smallest absolute Gasteiger partial charge is 0.292 e. The molecule has 1 saturated heterocycles. The Kier molecular flexibility index (Phi) is 5.23. The fourth-order valence-corrected chi connectivity index (χ4v) is 2.56. The molecule has 1 unspecified atom stereocenters. The van der Waals surface area contributed by atoms with Gasteiger partial charge in [0.1, 0.15) is 12.2 Å². The van der Waals surface area contributed by atoms with Gasteiger partial charge in [-0.05, 0) is 14.1 Å². The molecule has 1 aliphatic rings. The minimum Gasteiger partial charge on any atom is -0.378 e. The number of likely N-dealkylation sites (N-methyl/N-ethyl adjacent to an activating group) is 2. The average molecular weight is 310 g/mol. The summed E-state index contributed by atoms with van der Waals surface area (Å²) in [4.78, 5) is 16.8. The van der Waals surface area contributed by atoms with Crippen LogP contribution in [-0.4, -0.2) is 65.9 Å². The minimum absolute atomic E-state index is 0.136. The van der Waals surface area contributed by atoms with E-state index in [2.05, 4.69) is 40.2 Å². The number of piperazine rings is 1. The molecule has 0 saturated carbocycles. The van der Waals surface area contributed by atoms with Crippen molar-refractivity contribution in [1.82, 2.24) is 19.6 Å². The van der Waals surface area contributed by atoms with E-state index in [1.54, 1.807) is 0 Å². The third-order valence-corrected chi connectivity index (χ3v) is 4.02. The van der Waals surface area contributed by atoms with Gasteiger partial charge in [-0.1, -0.05) is 17.5 Å². The van der Waals surface area contributed by atoms with Crippen molar-refractivity contribution in [2.75, 3.05) is 45.6 Å². The lowest BCUT2D eigenvalue weighted by molar-refractivity contribution is 0.122. The number of terminal acetylenes is 1. The van der Waals surface area contributed by atoms with Crippen LogP contribution in [0.4, 0.5) is 5.69 Å². The van der Waals surface area contributed by atoms with Crippen LogP contribution in [0.1, 0.15) is 0 Å². The van der Waals surface area contributed by atoms with Crippen molar-refractivity contribution in [3.05, 3.63) is 21.6 Å². The first-order valence-electron chi connectivity index (χ1n) is 6.84. The Morgan fingerprint density at radius 3 is 3.00 bits per heavy atom. The number of aromatic nitrogens is 2. The molecule has 0 aromatic carbocycles. The van der Waals surface area contributed by atoms with Crippen molar-refractivity contribution in [1.29, 1.82) is 0 Å². The molecular weight excluding hydrogens is 290 g/mol. The van der Waals surface area contributed by atoms with Gasteiger partial charge in [-0.15, -0.1) is 6.42 Å². The van der Waals surface area contributed by atoms with Gasteiger partial charge >= 0.3 is 0 Å². The van der Waals surface area contributed by atoms with Crippen LogP contribution in [0.5, 0.6) is 0 Å². The van der Waals surface area contributed by atoms with E-state index >= 15 is 0 Å². The van der Waals surface area contributed by atoms with E-state index in [1.165, 1.54) is 10.9 Å². The molecule has 1 N–H and O–H groups in total. The van der Waals surface area contributed by atoms with E-state index in [9.17, 15) is 4.79 Å². The number of halogens is 1. The summed E-state index contributed by atoms with van der Waals surface area (Å²) in [5, 5.41) is 7.40. The molecule has 21 heavy (non-hydrogen) atoms. The predicted molar refractivity (Wildman–Crippen MR) is 84.7 cm³/mol. The maximum atomic E-state index is 12.2. The first kappa shape index (κ1) is 15.8. The maximum absolute atomic E-state index is 12.2. The molecule has 1 aliphatic heterocycles. The largest absolute Gasteiger partial charge is 0.378 e. The van der Waals surface area contributed by atoms with Crippen LogP contribution in [0.15, 0.2) is 11.0 Å². The van der Waals surface area contributed by atoms with E-state index in [1.807, 2.05) is 0 Å². The average Bonchev–Trinajstić information content (AvgIpc) is 2.45. The van der Waals surface area contributed by atoms with Crippen LogP contribution in [-0.2, 0) is 6.54 Å². The van der Waals surface area contributed by atoms with Crippen molar-refractivity contribution in [2.24, 2.45) is 0 Å². The van der Waals surface area contributed by atoms with Gasteiger partial charge in [0.2, 0.25) is 0 Å². The Morgan fingerprint density at radius 2 is 2.29 bits per heavy atom. The van der Waals surface area contributed by atoms with Crippen molar-refractivity contribution >= 4 is 17.3 Å². The molecule has 1 aromatic heterocycles. The molecule has 0 radical (unpaired) electrons. The lowest BCUT2D eigenvalue weighted by atomic mass is 10.2. The van der Waals surface area contributed by atoms with E-state index in [0.717, 1.165) is 19.6 Å². The van der Waals surface area contributed by atoms with Crippen LogP contribution >= 0.6 is 11.6 Å². The Hall–Kier alpha value is -1.55. The standard InChI is InChI=1S/C14H20ClN5O/c1-4-5-20-14(21)13(12(15)9-17-20)16-8-11-10-18(2)6-7-19(11)3/h1,9,11,16H,5-8,10H2,2-3H3. The van der Waals surface area contributed by atoms with Crippen LogP contribution < -0.4 is 10.9 Å². The van der Waals surface area contributed by atoms with E-state index in [4.69, 9.17) is 18.0 Å². The fourth-order valence-electron chi connectivity index (χ4n) is 2.37. The second kappa shape index (κ2) is 6.94. The summed E-state index contributed by atoms with van der Waals surface area (Å²) in [5.74, 6) is 2.40. The Balaban J connectivity index is 2.11. The third-order valence-electron chi connectivity index (χ3n) is 3.73. The van der Waals surface area contributed by atoms with E-state index in [-0.39, 0.29) is 12.1 Å². The number of nitrogens with one attached hydrogen (secondary N) is 1. The van der Waals surface area contributed by atoms with E-state index in [0.29, 0.717) is 23.3 Å². The quantitative estimate of drug-likeness (QED) is 0.805. The number of anilines is 1. The molecule has 0 bridgehead atoms. The first-order chi connectivity index (χ1) is 10.0. The molecule has 0 spiro atoms. The number of hydrogen-bond acceptors (Lipinski definition) is 5. The zero-order valence-corrected chi connectivity index (χ0v) is 13.1. The van der Waals surface area contributed by atoms with Gasteiger partial charge in [-0.3, -0.25) is 9.69 Å². The normalized spacial score (nSPS) is 20.2.